The van der Waals surface area contributed by atoms with Gasteiger partial charge in [-0.2, -0.15) is 0 Å². The van der Waals surface area contributed by atoms with E-state index in [2.05, 4.69) is 21.3 Å². The second-order valence-electron chi connectivity index (χ2n) is 20.1. The van der Waals surface area contributed by atoms with Crippen molar-refractivity contribution in [1.82, 2.24) is 21.0 Å². The Balaban J connectivity index is 0.787. The molecule has 1 fully saturated rings. The summed E-state index contributed by atoms with van der Waals surface area (Å²) in [5.41, 5.74) is 7.25. The monoisotopic (exact) mass is 1120 g/mol. The number of hydroxylamine groups is 2. The van der Waals surface area contributed by atoms with Crippen LogP contribution in [-0.4, -0.2) is 124 Å². The van der Waals surface area contributed by atoms with Gasteiger partial charge in [0.2, 0.25) is 23.6 Å². The van der Waals surface area contributed by atoms with Crippen molar-refractivity contribution in [2.45, 2.75) is 76.7 Å². The van der Waals surface area contributed by atoms with Crippen molar-refractivity contribution in [2.24, 2.45) is 4.99 Å². The molecule has 23 heteroatoms. The maximum atomic E-state index is 14.1. The molecule has 4 N–H and O–H groups in total. The molecule has 0 saturated carbocycles. The van der Waals surface area contributed by atoms with Crippen LogP contribution < -0.4 is 54.9 Å². The van der Waals surface area contributed by atoms with Crippen LogP contribution in [0.25, 0.3) is 0 Å². The zero-order chi connectivity index (χ0) is 57.6. The van der Waals surface area contributed by atoms with E-state index in [1.54, 1.807) is 47.5 Å². The molecule has 0 unspecified atom stereocenters. The molecule has 0 radical (unpaired) electrons. The van der Waals surface area contributed by atoms with Crippen molar-refractivity contribution in [2.75, 3.05) is 67.5 Å². The van der Waals surface area contributed by atoms with Gasteiger partial charge in [0, 0.05) is 81.1 Å². The third kappa shape index (κ3) is 12.0. The molecule has 424 valence electrons. The quantitative estimate of drug-likeness (QED) is 0.0576. The number of carbonyl (C=O) groups excluding carboxylic acids is 9. The molecule has 0 aliphatic carbocycles. The van der Waals surface area contributed by atoms with E-state index in [0.29, 0.717) is 86.8 Å². The summed E-state index contributed by atoms with van der Waals surface area (Å²) in [4.78, 5) is 129. The molecule has 10 rings (SSSR count). The fourth-order valence-electron chi connectivity index (χ4n) is 10.4. The molecule has 82 heavy (non-hydrogen) atoms. The molecular weight excluding hydrogens is 1060 g/mol. The number of amides is 8. The van der Waals surface area contributed by atoms with Gasteiger partial charge in [-0.1, -0.05) is 36.4 Å². The van der Waals surface area contributed by atoms with Crippen LogP contribution in [0, 0.1) is 0 Å². The summed E-state index contributed by atoms with van der Waals surface area (Å²) in [6, 6.07) is 27.3. The second kappa shape index (κ2) is 24.3. The summed E-state index contributed by atoms with van der Waals surface area (Å²) in [5, 5.41) is 11.2. The van der Waals surface area contributed by atoms with Crippen molar-refractivity contribution < 1.29 is 66.9 Å². The fourth-order valence-corrected chi connectivity index (χ4v) is 10.4. The Morgan fingerprint density at radius 1 is 0.646 bits per heavy atom. The van der Waals surface area contributed by atoms with Crippen molar-refractivity contribution in [3.05, 3.63) is 124 Å². The molecule has 0 aromatic heterocycles. The molecular formula is C59H59N9O14. The number of unbranched alkanes of at least 4 members (excludes halogenated alkanes) is 1. The van der Waals surface area contributed by atoms with Gasteiger partial charge in [-0.3, -0.25) is 48.2 Å². The molecule has 5 aromatic carbocycles. The van der Waals surface area contributed by atoms with Crippen molar-refractivity contribution >= 4 is 87.9 Å². The number of nitrogens with one attached hydrogen (secondary N) is 4. The average molecular weight is 1120 g/mol. The van der Waals surface area contributed by atoms with Gasteiger partial charge in [0.25, 0.3) is 23.6 Å². The van der Waals surface area contributed by atoms with E-state index in [0.717, 1.165) is 22.5 Å². The van der Waals surface area contributed by atoms with E-state index in [-0.39, 0.29) is 75.6 Å². The van der Waals surface area contributed by atoms with Crippen molar-refractivity contribution in [3.8, 4) is 23.0 Å². The molecule has 2 atom stereocenters. The maximum absolute atomic E-state index is 14.1. The first-order valence-corrected chi connectivity index (χ1v) is 26.7. The van der Waals surface area contributed by atoms with Crippen molar-refractivity contribution in [3.63, 3.8) is 0 Å². The highest BCUT2D eigenvalue weighted by Gasteiger charge is 2.39. The molecule has 0 bridgehead atoms. The molecule has 1 saturated heterocycles. The number of anilines is 4. The summed E-state index contributed by atoms with van der Waals surface area (Å²) in [5.74, 6) is -3.40. The number of fused-ring (bicyclic) bond motifs is 8. The Morgan fingerprint density at radius 3 is 1.89 bits per heavy atom. The van der Waals surface area contributed by atoms with E-state index >= 15 is 0 Å². The lowest BCUT2D eigenvalue weighted by Crippen LogP contribution is -2.44. The Kier molecular flexibility index (Phi) is 16.4. The van der Waals surface area contributed by atoms with Crippen LogP contribution in [0.1, 0.15) is 81.5 Å². The number of carbonyl (C=O) groups is 9. The number of likely N-dealkylation sites (N-methyl/N-ethyl adjacent to an activating group) is 1. The number of aliphatic imine (C=N–C) groups is 1. The van der Waals surface area contributed by atoms with Crippen LogP contribution in [-0.2, 0) is 64.5 Å². The van der Waals surface area contributed by atoms with E-state index in [1.807, 2.05) is 59.5 Å². The number of benzene rings is 5. The topological polar surface area (TPSA) is 273 Å². The minimum atomic E-state index is -0.782. The second-order valence-corrected chi connectivity index (χ2v) is 20.1. The molecule has 5 aliphatic rings. The van der Waals surface area contributed by atoms with Gasteiger partial charge in [-0.15, -0.1) is 5.06 Å². The van der Waals surface area contributed by atoms with Crippen molar-refractivity contribution in [1.29, 1.82) is 0 Å². The van der Waals surface area contributed by atoms with Gasteiger partial charge >= 0.3 is 5.97 Å². The zero-order valence-electron chi connectivity index (χ0n) is 45.2. The Bertz CT molecular complexity index is 3440. The van der Waals surface area contributed by atoms with Crippen LogP contribution >= 0.6 is 0 Å². The molecule has 0 spiro atoms. The number of rotatable bonds is 21. The number of hydrogen-bond donors (Lipinski definition) is 4. The highest BCUT2D eigenvalue weighted by Crippen LogP contribution is 2.43. The summed E-state index contributed by atoms with van der Waals surface area (Å²) < 4.78 is 24.4. The fraction of sp³-hybridized carbons (Fsp3) is 0.322. The molecule has 8 amide bonds. The lowest BCUT2D eigenvalue weighted by atomic mass is 10.1. The van der Waals surface area contributed by atoms with E-state index in [4.69, 9.17) is 28.8 Å². The van der Waals surface area contributed by atoms with Gasteiger partial charge in [0.05, 0.1) is 68.4 Å². The van der Waals surface area contributed by atoms with Crippen LogP contribution in [0.2, 0.25) is 0 Å². The molecule has 5 aromatic rings. The molecule has 5 heterocycles. The molecule has 23 nitrogen and oxygen atoms in total. The minimum Gasteiger partial charge on any atom is -0.493 e. The first-order chi connectivity index (χ1) is 39.7. The smallest absolute Gasteiger partial charge is 0.333 e. The third-order valence-corrected chi connectivity index (χ3v) is 14.6. The highest BCUT2D eigenvalue weighted by molar-refractivity contribution is 6.15. The Hall–Kier alpha value is -9.80. The van der Waals surface area contributed by atoms with E-state index in [1.165, 1.54) is 26.2 Å². The van der Waals surface area contributed by atoms with Gasteiger partial charge in [0.15, 0.2) is 23.0 Å². The van der Waals surface area contributed by atoms with Gasteiger partial charge in [-0.05, 0) is 84.0 Å². The zero-order valence-corrected chi connectivity index (χ0v) is 45.2. The largest absolute Gasteiger partial charge is 0.493 e. The summed E-state index contributed by atoms with van der Waals surface area (Å²) in [6.07, 6.45) is 3.38. The van der Waals surface area contributed by atoms with Gasteiger partial charge in [0.1, 0.15) is 13.2 Å². The number of hydrogen-bond acceptors (Lipinski definition) is 16. The lowest BCUT2D eigenvalue weighted by Gasteiger charge is -2.23. The van der Waals surface area contributed by atoms with E-state index < -0.39 is 61.0 Å². The maximum Gasteiger partial charge on any atom is 0.333 e. The predicted octanol–water partition coefficient (Wildman–Crippen LogP) is 4.63. The standard InChI is InChI=1S/C59H59N9O14/c1-65(56(74)31-64-53(71)30-63-52(70)29-62-51(69)14-8-9-15-57(75)82-68-54(72)16-17-55(68)73)38-19-34(32-80-49-25-43-41(23-47(49)78-2)58(76)66-39(27-60-43)21-36-10-4-6-12-45(36)66)18-35(20-38)33-81-50-26-44-42(24-48(50)79-3)59(77)67-40(28-61-44)22-37-11-5-7-13-46(37)67/h4-7,10-13,18-20,23-27,39-40,61H,8-9,14-17,21-22,28-33H2,1-3H3,(H,62,69)(H,63,70)(H,64,71)/t39-,40-/m0/s1. The Morgan fingerprint density at radius 2 is 1.22 bits per heavy atom. The minimum absolute atomic E-state index is 0.0255. The van der Waals surface area contributed by atoms with Gasteiger partial charge in [-0.25, -0.2) is 4.79 Å². The predicted molar refractivity (Wildman–Crippen MR) is 297 cm³/mol. The average Bonchev–Trinajstić information content (AvgIpc) is 4.14. The van der Waals surface area contributed by atoms with Crippen LogP contribution in [0.5, 0.6) is 23.0 Å². The number of para-hydroxylation sites is 2. The number of nitrogens with zero attached hydrogens (tertiary/aromatic N) is 5. The number of methoxy groups -OCH3 is 2. The Labute approximate surface area is 470 Å². The summed E-state index contributed by atoms with van der Waals surface area (Å²) in [7, 11) is 4.50. The lowest BCUT2D eigenvalue weighted by molar-refractivity contribution is -0.197. The first-order valence-electron chi connectivity index (χ1n) is 26.7. The summed E-state index contributed by atoms with van der Waals surface area (Å²) >= 11 is 0. The normalized spacial score (nSPS) is 16.3. The van der Waals surface area contributed by atoms with Crippen LogP contribution in [0.3, 0.4) is 0 Å². The highest BCUT2D eigenvalue weighted by atomic mass is 16.7. The van der Waals surface area contributed by atoms with Crippen LogP contribution in [0.15, 0.2) is 96.0 Å². The summed E-state index contributed by atoms with van der Waals surface area (Å²) in [6.45, 7) is -0.960. The SMILES string of the molecule is COc1cc2c(cc1OCc1cc(COc3cc4c(cc3OC)C(=O)N3c5ccccc5C[C@H]3CN4)cc(N(C)C(=O)CNC(=O)CNC(=O)CNC(=O)CCCCC(=O)ON3C(=O)CCC3=O)c1)N=C[C@@H]1Cc3ccccc3N1C2=O. The first kappa shape index (κ1) is 55.5. The number of ether oxygens (including phenoxy) is 4. The third-order valence-electron chi connectivity index (χ3n) is 14.6. The number of imide groups is 1. The van der Waals surface area contributed by atoms with E-state index in [9.17, 15) is 43.2 Å². The van der Waals surface area contributed by atoms with Gasteiger partial charge < -0.3 is 54.9 Å². The molecule has 5 aliphatic heterocycles. The van der Waals surface area contributed by atoms with Crippen LogP contribution in [0.4, 0.5) is 28.4 Å².